The van der Waals surface area contributed by atoms with Crippen LogP contribution in [0.3, 0.4) is 0 Å². The van der Waals surface area contributed by atoms with E-state index in [0.717, 1.165) is 5.56 Å². The number of hydrogen-bond acceptors (Lipinski definition) is 3. The lowest BCUT2D eigenvalue weighted by Gasteiger charge is -2.09. The molecule has 0 aliphatic carbocycles. The number of aromatic nitrogens is 1. The lowest BCUT2D eigenvalue weighted by atomic mass is 10.2. The number of benzene rings is 1. The Morgan fingerprint density at radius 1 is 1.16 bits per heavy atom. The van der Waals surface area contributed by atoms with Crippen molar-refractivity contribution in [2.75, 3.05) is 7.05 Å². The Bertz CT molecular complexity index is 590. The summed E-state index contributed by atoms with van der Waals surface area (Å²) < 4.78 is 5.62. The fourth-order valence-corrected chi connectivity index (χ4v) is 2.00. The van der Waals surface area contributed by atoms with Crippen LogP contribution >= 0.6 is 34.8 Å². The van der Waals surface area contributed by atoms with Crippen molar-refractivity contribution in [1.82, 2.24) is 10.3 Å². The molecule has 0 amide bonds. The zero-order chi connectivity index (χ0) is 13.8. The number of pyridine rings is 1. The van der Waals surface area contributed by atoms with Crippen molar-refractivity contribution in [2.45, 2.75) is 6.54 Å². The highest BCUT2D eigenvalue weighted by molar-refractivity contribution is 6.34. The SMILES string of the molecule is CNCc1cc(Oc2cc(Cl)ccc2Cl)ncc1Cl. The molecule has 1 aromatic carbocycles. The van der Waals surface area contributed by atoms with Crippen LogP contribution < -0.4 is 10.1 Å². The fraction of sp³-hybridized carbons (Fsp3) is 0.154. The van der Waals surface area contributed by atoms with E-state index in [9.17, 15) is 0 Å². The summed E-state index contributed by atoms with van der Waals surface area (Å²) in [6, 6.07) is 6.76. The molecule has 0 radical (unpaired) electrons. The van der Waals surface area contributed by atoms with Crippen LogP contribution in [-0.2, 0) is 6.54 Å². The molecule has 0 aliphatic rings. The summed E-state index contributed by atoms with van der Waals surface area (Å²) >= 11 is 18.0. The van der Waals surface area contributed by atoms with Crippen LogP contribution in [-0.4, -0.2) is 12.0 Å². The molecule has 1 aromatic heterocycles. The molecule has 2 rings (SSSR count). The van der Waals surface area contributed by atoms with Crippen LogP contribution in [0.15, 0.2) is 30.5 Å². The summed E-state index contributed by atoms with van der Waals surface area (Å²) in [5.41, 5.74) is 0.896. The lowest BCUT2D eigenvalue weighted by Crippen LogP contribution is -2.06. The molecule has 6 heteroatoms. The third-order valence-corrected chi connectivity index (χ3v) is 3.27. The molecule has 0 atom stereocenters. The van der Waals surface area contributed by atoms with E-state index in [4.69, 9.17) is 39.5 Å². The largest absolute Gasteiger partial charge is 0.437 e. The summed E-state index contributed by atoms with van der Waals surface area (Å²) in [5, 5.41) is 4.62. The van der Waals surface area contributed by atoms with Crippen LogP contribution in [0.2, 0.25) is 15.1 Å². The highest BCUT2D eigenvalue weighted by atomic mass is 35.5. The van der Waals surface area contributed by atoms with E-state index in [2.05, 4.69) is 10.3 Å². The number of nitrogens with one attached hydrogen (secondary N) is 1. The second kappa shape index (κ2) is 6.44. The van der Waals surface area contributed by atoms with Gasteiger partial charge >= 0.3 is 0 Å². The maximum atomic E-state index is 6.03. The smallest absolute Gasteiger partial charge is 0.219 e. The van der Waals surface area contributed by atoms with Gasteiger partial charge in [0, 0.05) is 29.9 Å². The fourth-order valence-electron chi connectivity index (χ4n) is 1.51. The third-order valence-electron chi connectivity index (χ3n) is 2.38. The normalized spacial score (nSPS) is 10.5. The zero-order valence-corrected chi connectivity index (χ0v) is 12.4. The molecular weight excluding hydrogens is 307 g/mol. The molecule has 0 saturated carbocycles. The Morgan fingerprint density at radius 3 is 2.68 bits per heavy atom. The molecule has 2 aromatic rings. The van der Waals surface area contributed by atoms with E-state index < -0.39 is 0 Å². The Kier molecular flexibility index (Phi) is 4.88. The summed E-state index contributed by atoms with van der Waals surface area (Å²) in [6.45, 7) is 0.626. The Labute approximate surface area is 126 Å². The molecule has 19 heavy (non-hydrogen) atoms. The first-order chi connectivity index (χ1) is 9.10. The maximum absolute atomic E-state index is 6.03. The maximum Gasteiger partial charge on any atom is 0.219 e. The molecule has 1 heterocycles. The Morgan fingerprint density at radius 2 is 1.95 bits per heavy atom. The van der Waals surface area contributed by atoms with Crippen LogP contribution in [0.4, 0.5) is 0 Å². The Hall–Kier alpha value is -1.00. The second-order valence-electron chi connectivity index (χ2n) is 3.82. The first kappa shape index (κ1) is 14.4. The van der Waals surface area contributed by atoms with Gasteiger partial charge in [-0.25, -0.2) is 4.98 Å². The number of rotatable bonds is 4. The molecule has 0 bridgehead atoms. The van der Waals surface area contributed by atoms with Gasteiger partial charge in [-0.2, -0.15) is 0 Å². The van der Waals surface area contributed by atoms with E-state index in [-0.39, 0.29) is 0 Å². The molecule has 1 N–H and O–H groups in total. The third kappa shape index (κ3) is 3.74. The molecule has 0 fully saturated rings. The summed E-state index contributed by atoms with van der Waals surface area (Å²) in [7, 11) is 1.84. The van der Waals surface area contributed by atoms with E-state index in [1.165, 1.54) is 0 Å². The quantitative estimate of drug-likeness (QED) is 0.898. The van der Waals surface area contributed by atoms with Crippen LogP contribution in [0.1, 0.15) is 5.56 Å². The predicted molar refractivity (Wildman–Crippen MR) is 78.5 cm³/mol. The topological polar surface area (TPSA) is 34.1 Å². The first-order valence-electron chi connectivity index (χ1n) is 5.52. The van der Waals surface area contributed by atoms with Gasteiger partial charge in [-0.1, -0.05) is 34.8 Å². The van der Waals surface area contributed by atoms with Gasteiger partial charge in [0.25, 0.3) is 0 Å². The van der Waals surface area contributed by atoms with Gasteiger partial charge in [0.1, 0.15) is 5.75 Å². The van der Waals surface area contributed by atoms with Gasteiger partial charge in [-0.05, 0) is 24.7 Å². The van der Waals surface area contributed by atoms with E-state index in [0.29, 0.717) is 33.2 Å². The molecule has 0 aliphatic heterocycles. The van der Waals surface area contributed by atoms with Gasteiger partial charge in [0.15, 0.2) is 0 Å². The van der Waals surface area contributed by atoms with Crippen molar-refractivity contribution in [1.29, 1.82) is 0 Å². The standard InChI is InChI=1S/C13H11Cl3N2O/c1-17-6-8-4-13(18-7-11(8)16)19-12-5-9(14)2-3-10(12)15/h2-5,7,17H,6H2,1H3. The first-order valence-corrected chi connectivity index (χ1v) is 6.65. The highest BCUT2D eigenvalue weighted by Crippen LogP contribution is 2.32. The van der Waals surface area contributed by atoms with Gasteiger partial charge in [0.05, 0.1) is 10.0 Å². The second-order valence-corrected chi connectivity index (χ2v) is 5.07. The van der Waals surface area contributed by atoms with Gasteiger partial charge in [-0.3, -0.25) is 0 Å². The van der Waals surface area contributed by atoms with Crippen molar-refractivity contribution in [3.8, 4) is 11.6 Å². The number of ether oxygens (including phenoxy) is 1. The van der Waals surface area contributed by atoms with E-state index in [1.54, 1.807) is 30.5 Å². The van der Waals surface area contributed by atoms with Crippen molar-refractivity contribution >= 4 is 34.8 Å². The van der Waals surface area contributed by atoms with Crippen LogP contribution in [0.25, 0.3) is 0 Å². The zero-order valence-electron chi connectivity index (χ0n) is 10.1. The predicted octanol–water partition coefficient (Wildman–Crippen LogP) is 4.55. The molecule has 0 unspecified atom stereocenters. The summed E-state index contributed by atoms with van der Waals surface area (Å²) in [4.78, 5) is 4.10. The summed E-state index contributed by atoms with van der Waals surface area (Å²) in [6.07, 6.45) is 1.54. The van der Waals surface area contributed by atoms with Crippen molar-refractivity contribution < 1.29 is 4.74 Å². The minimum Gasteiger partial charge on any atom is -0.437 e. The molecule has 100 valence electrons. The van der Waals surface area contributed by atoms with Crippen molar-refractivity contribution in [2.24, 2.45) is 0 Å². The summed E-state index contributed by atoms with van der Waals surface area (Å²) in [5.74, 6) is 0.873. The molecule has 0 spiro atoms. The molecular formula is C13H11Cl3N2O. The minimum atomic E-state index is 0.416. The van der Waals surface area contributed by atoms with E-state index in [1.807, 2.05) is 7.05 Å². The van der Waals surface area contributed by atoms with Crippen LogP contribution in [0.5, 0.6) is 11.6 Å². The average Bonchev–Trinajstić information content (AvgIpc) is 2.38. The molecule has 3 nitrogen and oxygen atoms in total. The number of hydrogen-bond donors (Lipinski definition) is 1. The van der Waals surface area contributed by atoms with Crippen molar-refractivity contribution in [3.05, 3.63) is 51.1 Å². The molecule has 0 saturated heterocycles. The van der Waals surface area contributed by atoms with E-state index >= 15 is 0 Å². The minimum absolute atomic E-state index is 0.416. The van der Waals surface area contributed by atoms with Crippen molar-refractivity contribution in [3.63, 3.8) is 0 Å². The Balaban J connectivity index is 2.28. The lowest BCUT2D eigenvalue weighted by molar-refractivity contribution is 0.462. The van der Waals surface area contributed by atoms with Gasteiger partial charge < -0.3 is 10.1 Å². The highest BCUT2D eigenvalue weighted by Gasteiger charge is 2.08. The van der Waals surface area contributed by atoms with Gasteiger partial charge in [0.2, 0.25) is 5.88 Å². The van der Waals surface area contributed by atoms with Crippen LogP contribution in [0, 0.1) is 0 Å². The number of halogens is 3. The monoisotopic (exact) mass is 316 g/mol. The number of nitrogens with zero attached hydrogens (tertiary/aromatic N) is 1. The van der Waals surface area contributed by atoms with Gasteiger partial charge in [-0.15, -0.1) is 0 Å². The average molecular weight is 318 g/mol.